The third kappa shape index (κ3) is 9.00. The number of hydroxylamine groups is 2. The molecule has 5 fully saturated rings. The monoisotopic (exact) mass is 777 g/mol. The first kappa shape index (κ1) is 44.9. The van der Waals surface area contributed by atoms with Crippen LogP contribution in [0.25, 0.3) is 0 Å². The summed E-state index contributed by atoms with van der Waals surface area (Å²) in [5.74, 6) is 5.31. The molecule has 7 heteroatoms. The van der Waals surface area contributed by atoms with Crippen molar-refractivity contribution in [3.63, 3.8) is 0 Å². The van der Waals surface area contributed by atoms with Crippen molar-refractivity contribution >= 4 is 11.8 Å². The Morgan fingerprint density at radius 3 is 2.23 bits per heavy atom. The van der Waals surface area contributed by atoms with Gasteiger partial charge in [-0.05, 0) is 133 Å². The smallest absolute Gasteiger partial charge is 0.305 e. The van der Waals surface area contributed by atoms with E-state index >= 15 is 0 Å². The number of ketones is 1. The molecule has 316 valence electrons. The fourth-order valence-corrected chi connectivity index (χ4v) is 14.0. The van der Waals surface area contributed by atoms with Crippen molar-refractivity contribution in [2.45, 2.75) is 171 Å². The Labute approximate surface area is 341 Å². The quantitative estimate of drug-likeness (QED) is 0.0874. The second-order valence-electron chi connectivity index (χ2n) is 20.9. The number of hydrogen-bond donors (Lipinski definition) is 3. The zero-order valence-corrected chi connectivity index (χ0v) is 36.9. The zero-order valence-electron chi connectivity index (χ0n) is 36.9. The molecule has 0 aromatic heterocycles. The van der Waals surface area contributed by atoms with Crippen molar-refractivity contribution in [1.29, 1.82) is 0 Å². The molecule has 1 aromatic carbocycles. The molecule has 1 aromatic rings. The molecule has 6 rings (SSSR count). The van der Waals surface area contributed by atoms with Crippen molar-refractivity contribution in [1.82, 2.24) is 11.0 Å². The summed E-state index contributed by atoms with van der Waals surface area (Å²) < 4.78 is 0. The Bertz CT molecular complexity index is 1480. The third-order valence-electron chi connectivity index (χ3n) is 17.3. The number of benzene rings is 1. The molecule has 0 radical (unpaired) electrons. The van der Waals surface area contributed by atoms with E-state index < -0.39 is 12.0 Å². The maximum Gasteiger partial charge on any atom is 0.305 e. The van der Waals surface area contributed by atoms with Crippen molar-refractivity contribution in [2.75, 3.05) is 13.7 Å². The van der Waals surface area contributed by atoms with E-state index in [0.717, 1.165) is 93.1 Å². The van der Waals surface area contributed by atoms with Gasteiger partial charge in [0.25, 0.3) is 0 Å². The number of aliphatic carboxylic acids is 1. The van der Waals surface area contributed by atoms with E-state index in [0.29, 0.717) is 39.1 Å². The molecule has 5 unspecified atom stereocenters. The van der Waals surface area contributed by atoms with Crippen LogP contribution in [-0.4, -0.2) is 30.5 Å². The summed E-state index contributed by atoms with van der Waals surface area (Å²) in [6, 6.07) is 9.01. The van der Waals surface area contributed by atoms with Crippen LogP contribution in [-0.2, 0) is 19.3 Å². The number of carboxylic acid groups (broad SMARTS) is 1. The van der Waals surface area contributed by atoms with Crippen LogP contribution in [0.5, 0.6) is 0 Å². The van der Waals surface area contributed by atoms with Crippen LogP contribution in [0, 0.1) is 62.6 Å². The molecular formula is C49H80N2O5. The van der Waals surface area contributed by atoms with E-state index in [-0.39, 0.29) is 11.8 Å². The zero-order chi connectivity index (χ0) is 40.9. The lowest BCUT2D eigenvalue weighted by molar-refractivity contribution is -0.234. The van der Waals surface area contributed by atoms with Gasteiger partial charge < -0.3 is 14.8 Å². The average Bonchev–Trinajstić information content (AvgIpc) is 3.51. The number of allylic oxidation sites excluding steroid dienone is 1. The van der Waals surface area contributed by atoms with Gasteiger partial charge in [0.1, 0.15) is 11.5 Å². The molecular weight excluding hydrogens is 697 g/mol. The molecule has 0 amide bonds. The molecule has 5 aliphatic carbocycles. The van der Waals surface area contributed by atoms with Crippen LogP contribution in [0.15, 0.2) is 42.7 Å². The highest BCUT2D eigenvalue weighted by Crippen LogP contribution is 2.77. The molecule has 3 N–H and O–H groups in total. The lowest BCUT2D eigenvalue weighted by Crippen LogP contribution is -2.66. The van der Waals surface area contributed by atoms with Gasteiger partial charge in [0.05, 0.1) is 19.6 Å². The number of carbonyl (C=O) groups is 2. The van der Waals surface area contributed by atoms with Gasteiger partial charge in [0, 0.05) is 24.8 Å². The molecule has 0 heterocycles. The van der Waals surface area contributed by atoms with E-state index in [4.69, 9.17) is 14.8 Å². The summed E-state index contributed by atoms with van der Waals surface area (Å²) in [4.78, 5) is 34.2. The maximum atomic E-state index is 12.9. The van der Waals surface area contributed by atoms with Gasteiger partial charge in [-0.3, -0.25) is 9.59 Å². The van der Waals surface area contributed by atoms with E-state index in [2.05, 4.69) is 72.9 Å². The highest BCUT2D eigenvalue weighted by Gasteiger charge is 2.70. The number of unbranched alkanes of at least 4 members (excludes halogenated alkanes) is 4. The largest absolute Gasteiger partial charge is 0.481 e. The second-order valence-corrected chi connectivity index (χ2v) is 20.9. The lowest BCUT2D eigenvalue weighted by atomic mass is 9.32. The van der Waals surface area contributed by atoms with Crippen molar-refractivity contribution in [3.8, 4) is 0 Å². The first-order valence-electron chi connectivity index (χ1n) is 22.6. The van der Waals surface area contributed by atoms with Crippen LogP contribution in [0.1, 0.15) is 176 Å². The minimum absolute atomic E-state index is 0.0488. The van der Waals surface area contributed by atoms with Gasteiger partial charge in [0.2, 0.25) is 0 Å². The van der Waals surface area contributed by atoms with Gasteiger partial charge in [0.15, 0.2) is 0 Å². The van der Waals surface area contributed by atoms with Crippen molar-refractivity contribution < 1.29 is 24.4 Å². The number of Topliss-reactive ketones (excluding diaryl/α,β-unsaturated/α-hetero) is 1. The Hall–Kier alpha value is -2.22. The molecule has 10 atom stereocenters. The fraction of sp³-hybridized carbons (Fsp3) is 0.796. The van der Waals surface area contributed by atoms with Gasteiger partial charge in [-0.2, -0.15) is 0 Å². The second kappa shape index (κ2) is 18.4. The molecule has 0 bridgehead atoms. The first-order valence-corrected chi connectivity index (χ1v) is 22.6. The van der Waals surface area contributed by atoms with Crippen LogP contribution >= 0.6 is 0 Å². The number of hydrogen-bond acceptors (Lipinski definition) is 6. The maximum absolute atomic E-state index is 12.9. The summed E-state index contributed by atoms with van der Waals surface area (Å²) in [5.41, 5.74) is 8.31. The van der Waals surface area contributed by atoms with Crippen LogP contribution in [0.4, 0.5) is 0 Å². The molecule has 7 nitrogen and oxygen atoms in total. The van der Waals surface area contributed by atoms with Crippen molar-refractivity contribution in [2.24, 2.45) is 62.6 Å². The van der Waals surface area contributed by atoms with E-state index in [1.807, 2.05) is 30.3 Å². The first-order chi connectivity index (χ1) is 26.4. The number of carbonyl (C=O) groups excluding carboxylic acids is 1. The molecule has 0 spiro atoms. The Kier molecular flexibility index (Phi) is 14.7. The number of fused-ring (bicyclic) bond motifs is 7. The topological polar surface area (TPSA) is 96.9 Å². The fourth-order valence-electron chi connectivity index (χ4n) is 14.0. The van der Waals surface area contributed by atoms with Crippen LogP contribution < -0.4 is 11.0 Å². The van der Waals surface area contributed by atoms with E-state index in [1.165, 1.54) is 51.4 Å². The average molecular weight is 777 g/mol. The Morgan fingerprint density at radius 1 is 0.857 bits per heavy atom. The van der Waals surface area contributed by atoms with Gasteiger partial charge in [-0.25, -0.2) is 5.48 Å². The minimum atomic E-state index is -0.876. The summed E-state index contributed by atoms with van der Waals surface area (Å²) in [7, 11) is 1.62. The van der Waals surface area contributed by atoms with Crippen LogP contribution in [0.3, 0.4) is 0 Å². The highest BCUT2D eigenvalue weighted by atomic mass is 16.6. The predicted octanol–water partition coefficient (Wildman–Crippen LogP) is 12.0. The number of carboxylic acids is 1. The SMILES string of the molecule is C=C(CCCCCCCNOC)ONC(CC(=O)O)c1ccccc1.CC(C)[C@@H]1CC[C@]2(C)CC[C@]3(C)C(CCC4[C@@]5(C)CCC(=O)C(C)(C)C5CC[C@]43C)C12. The number of rotatable bonds is 16. The van der Waals surface area contributed by atoms with Crippen LogP contribution in [0.2, 0.25) is 0 Å². The summed E-state index contributed by atoms with van der Waals surface area (Å²) in [5, 5.41) is 9.06. The van der Waals surface area contributed by atoms with E-state index in [1.54, 1.807) is 7.11 Å². The van der Waals surface area contributed by atoms with E-state index in [9.17, 15) is 9.59 Å². The van der Waals surface area contributed by atoms with Gasteiger partial charge in [-0.1, -0.05) is 112 Å². The minimum Gasteiger partial charge on any atom is -0.481 e. The summed E-state index contributed by atoms with van der Waals surface area (Å²) in [6.45, 7) is 25.1. The van der Waals surface area contributed by atoms with Gasteiger partial charge in [-0.15, -0.1) is 5.48 Å². The summed E-state index contributed by atoms with van der Waals surface area (Å²) >= 11 is 0. The Morgan fingerprint density at radius 2 is 1.55 bits per heavy atom. The molecule has 0 aliphatic heterocycles. The van der Waals surface area contributed by atoms with Crippen molar-refractivity contribution in [3.05, 3.63) is 48.2 Å². The molecule has 5 aliphatic rings. The molecule has 0 saturated heterocycles. The van der Waals surface area contributed by atoms with Gasteiger partial charge >= 0.3 is 5.97 Å². The normalized spacial score (nSPS) is 36.2. The summed E-state index contributed by atoms with van der Waals surface area (Å²) in [6.07, 6.45) is 19.6. The third-order valence-corrected chi connectivity index (χ3v) is 17.3. The standard InChI is InChI=1S/C30H50O.C19H30N2O4/c1-19(2)20-11-14-27(5)17-18-29(7)21(25(20)27)9-10-23-28(6)15-13-24(31)26(3,4)22(28)12-16-30(23,29)8;1-16(11-7-4-3-5-10-14-20-24-2)25-21-18(15-19(22)23)17-12-8-6-9-13-17/h19-23,25H,9-18H2,1-8H3;6,8-9,12-13,18,20-21H,1,3-5,7,10-11,14-15H2,2H3,(H,22,23)/t20-,21?,22?,23?,25?,27+,28-,29+,30+;/m0./s1. The lowest BCUT2D eigenvalue weighted by Gasteiger charge is -2.72. The Balaban J connectivity index is 0.000000221. The highest BCUT2D eigenvalue weighted by molar-refractivity contribution is 5.85. The predicted molar refractivity (Wildman–Crippen MR) is 227 cm³/mol. The molecule has 56 heavy (non-hydrogen) atoms. The molecule has 5 saturated carbocycles. The number of nitrogens with one attached hydrogen (secondary N) is 2.